The van der Waals surface area contributed by atoms with Gasteiger partial charge in [0.05, 0.1) is 21.7 Å². The Hall–Kier alpha value is -2.53. The molecule has 25 heavy (non-hydrogen) atoms. The summed E-state index contributed by atoms with van der Waals surface area (Å²) in [6.45, 7) is 0.240. The van der Waals surface area contributed by atoms with Gasteiger partial charge in [-0.2, -0.15) is 5.26 Å². The second kappa shape index (κ2) is 7.57. The summed E-state index contributed by atoms with van der Waals surface area (Å²) in [6.07, 6.45) is 0.531. The molecular weight excluding hydrogens is 354 g/mol. The van der Waals surface area contributed by atoms with Gasteiger partial charge in [0.1, 0.15) is 6.07 Å². The van der Waals surface area contributed by atoms with Gasteiger partial charge in [0.2, 0.25) is 10.0 Å². The van der Waals surface area contributed by atoms with Crippen LogP contribution in [-0.4, -0.2) is 19.9 Å². The zero-order valence-electron chi connectivity index (χ0n) is 13.2. The van der Waals surface area contributed by atoms with Crippen molar-refractivity contribution in [2.24, 2.45) is 0 Å². The molecule has 0 saturated carbocycles. The van der Waals surface area contributed by atoms with E-state index >= 15 is 0 Å². The summed E-state index contributed by atoms with van der Waals surface area (Å²) in [4.78, 5) is 5.41. The third-order valence-electron chi connectivity index (χ3n) is 3.63. The maximum Gasteiger partial charge on any atom is 0.241 e. The van der Waals surface area contributed by atoms with Gasteiger partial charge in [0.25, 0.3) is 0 Å². The zero-order chi connectivity index (χ0) is 17.7. The van der Waals surface area contributed by atoms with Gasteiger partial charge in [-0.05, 0) is 18.6 Å². The Kier molecular flexibility index (Phi) is 5.24. The largest absolute Gasteiger partial charge is 0.244 e. The Labute approximate surface area is 150 Å². The van der Waals surface area contributed by atoms with E-state index in [4.69, 9.17) is 5.26 Å². The van der Waals surface area contributed by atoms with E-state index < -0.39 is 10.0 Å². The number of benzene rings is 2. The van der Waals surface area contributed by atoms with E-state index in [2.05, 4.69) is 9.71 Å². The molecule has 0 amide bonds. The molecule has 7 heteroatoms. The SMILES string of the molecule is N#Cc1ccccc1S(=O)(=O)NCCc1scnc1-c1ccccc1. The normalized spacial score (nSPS) is 11.2. The lowest BCUT2D eigenvalue weighted by Crippen LogP contribution is -2.26. The molecule has 0 unspecified atom stereocenters. The first kappa shape index (κ1) is 17.3. The maximum atomic E-state index is 12.4. The number of aromatic nitrogens is 1. The van der Waals surface area contributed by atoms with E-state index in [0.717, 1.165) is 16.1 Å². The lowest BCUT2D eigenvalue weighted by molar-refractivity contribution is 0.581. The van der Waals surface area contributed by atoms with Crippen molar-refractivity contribution in [2.75, 3.05) is 6.54 Å². The van der Waals surface area contributed by atoms with E-state index in [9.17, 15) is 8.42 Å². The molecule has 1 aromatic heterocycles. The summed E-state index contributed by atoms with van der Waals surface area (Å²) in [5.74, 6) is 0. The van der Waals surface area contributed by atoms with Gasteiger partial charge >= 0.3 is 0 Å². The van der Waals surface area contributed by atoms with Crippen LogP contribution in [0.2, 0.25) is 0 Å². The van der Waals surface area contributed by atoms with Crippen molar-refractivity contribution in [1.29, 1.82) is 5.26 Å². The number of nitrogens with zero attached hydrogens (tertiary/aromatic N) is 2. The van der Waals surface area contributed by atoms with Crippen molar-refractivity contribution in [2.45, 2.75) is 11.3 Å². The molecule has 3 rings (SSSR count). The minimum absolute atomic E-state index is 0.00471. The highest BCUT2D eigenvalue weighted by molar-refractivity contribution is 7.89. The molecule has 0 saturated heterocycles. The Morgan fingerprint density at radius 2 is 1.80 bits per heavy atom. The summed E-state index contributed by atoms with van der Waals surface area (Å²) < 4.78 is 27.4. The molecule has 1 N–H and O–H groups in total. The summed E-state index contributed by atoms with van der Waals surface area (Å²) in [5.41, 5.74) is 3.79. The van der Waals surface area contributed by atoms with Crippen LogP contribution in [0, 0.1) is 11.3 Å². The Bertz CT molecular complexity index is 1010. The molecule has 5 nitrogen and oxygen atoms in total. The maximum absolute atomic E-state index is 12.4. The summed E-state index contributed by atoms with van der Waals surface area (Å²) >= 11 is 1.50. The van der Waals surface area contributed by atoms with E-state index in [1.807, 2.05) is 36.4 Å². The fourth-order valence-corrected chi connectivity index (χ4v) is 4.42. The predicted octanol–water partition coefficient (Wildman–Crippen LogP) is 3.20. The summed E-state index contributed by atoms with van der Waals surface area (Å²) in [6, 6.07) is 17.9. The number of nitrogens with one attached hydrogen (secondary N) is 1. The highest BCUT2D eigenvalue weighted by atomic mass is 32.2. The molecule has 126 valence electrons. The highest BCUT2D eigenvalue weighted by Crippen LogP contribution is 2.25. The van der Waals surface area contributed by atoms with Gasteiger partial charge in [-0.15, -0.1) is 11.3 Å². The minimum atomic E-state index is -3.72. The third-order valence-corrected chi connectivity index (χ3v) is 6.04. The molecule has 0 aliphatic rings. The molecule has 0 radical (unpaired) electrons. The predicted molar refractivity (Wildman–Crippen MR) is 97.6 cm³/mol. The van der Waals surface area contributed by atoms with Crippen LogP contribution in [0.1, 0.15) is 10.4 Å². The molecule has 0 spiro atoms. The first-order valence-electron chi connectivity index (χ1n) is 7.58. The lowest BCUT2D eigenvalue weighted by atomic mass is 10.1. The Balaban J connectivity index is 1.72. The Morgan fingerprint density at radius 3 is 2.56 bits per heavy atom. The van der Waals surface area contributed by atoms with Crippen molar-refractivity contribution >= 4 is 21.4 Å². The van der Waals surface area contributed by atoms with Crippen LogP contribution in [0.25, 0.3) is 11.3 Å². The average Bonchev–Trinajstić information content (AvgIpc) is 3.11. The van der Waals surface area contributed by atoms with E-state index in [1.165, 1.54) is 23.5 Å². The highest BCUT2D eigenvalue weighted by Gasteiger charge is 2.18. The second-order valence-corrected chi connectivity index (χ2v) is 7.92. The zero-order valence-corrected chi connectivity index (χ0v) is 14.8. The van der Waals surface area contributed by atoms with Crippen LogP contribution < -0.4 is 4.72 Å². The van der Waals surface area contributed by atoms with Crippen LogP contribution in [0.4, 0.5) is 0 Å². The van der Waals surface area contributed by atoms with Crippen LogP contribution in [0.15, 0.2) is 65.0 Å². The van der Waals surface area contributed by atoms with Crippen LogP contribution in [0.3, 0.4) is 0 Å². The molecule has 3 aromatic rings. The topological polar surface area (TPSA) is 82.8 Å². The van der Waals surface area contributed by atoms with Crippen LogP contribution in [0.5, 0.6) is 0 Å². The molecule has 0 aliphatic heterocycles. The quantitative estimate of drug-likeness (QED) is 0.723. The Morgan fingerprint density at radius 1 is 1.08 bits per heavy atom. The molecule has 0 atom stereocenters. The smallest absolute Gasteiger partial charge is 0.241 e. The van der Waals surface area contributed by atoms with E-state index in [-0.39, 0.29) is 17.0 Å². The monoisotopic (exact) mass is 369 g/mol. The van der Waals surface area contributed by atoms with Crippen molar-refractivity contribution in [3.05, 3.63) is 70.5 Å². The molecular formula is C18H15N3O2S2. The van der Waals surface area contributed by atoms with E-state index in [0.29, 0.717) is 6.42 Å². The van der Waals surface area contributed by atoms with Gasteiger partial charge in [0.15, 0.2) is 0 Å². The van der Waals surface area contributed by atoms with E-state index in [1.54, 1.807) is 17.6 Å². The van der Waals surface area contributed by atoms with Crippen LogP contribution >= 0.6 is 11.3 Å². The molecule has 0 fully saturated rings. The minimum Gasteiger partial charge on any atom is -0.244 e. The molecule has 1 heterocycles. The van der Waals surface area contributed by atoms with Crippen LogP contribution in [-0.2, 0) is 16.4 Å². The van der Waals surface area contributed by atoms with Gasteiger partial charge in [-0.3, -0.25) is 0 Å². The average molecular weight is 369 g/mol. The number of rotatable bonds is 6. The first-order valence-corrected chi connectivity index (χ1v) is 9.94. The van der Waals surface area contributed by atoms with Crippen molar-refractivity contribution in [1.82, 2.24) is 9.71 Å². The first-order chi connectivity index (χ1) is 12.1. The summed E-state index contributed by atoms with van der Waals surface area (Å²) in [7, 11) is -3.72. The third kappa shape index (κ3) is 3.94. The van der Waals surface area contributed by atoms with Crippen molar-refractivity contribution < 1.29 is 8.42 Å². The van der Waals surface area contributed by atoms with Crippen molar-refractivity contribution in [3.8, 4) is 17.3 Å². The number of hydrogen-bond acceptors (Lipinski definition) is 5. The standard InChI is InChI=1S/C18H15N3O2S2/c19-12-15-8-4-5-9-17(15)25(22,23)21-11-10-16-18(20-13-24-16)14-6-2-1-3-7-14/h1-9,13,21H,10-11H2. The van der Waals surface area contributed by atoms with Gasteiger partial charge in [0, 0.05) is 17.0 Å². The lowest BCUT2D eigenvalue weighted by Gasteiger charge is -2.08. The second-order valence-electron chi connectivity index (χ2n) is 5.25. The molecule has 2 aromatic carbocycles. The number of thiazole rings is 1. The summed E-state index contributed by atoms with van der Waals surface area (Å²) in [5, 5.41) is 9.07. The molecule has 0 bridgehead atoms. The van der Waals surface area contributed by atoms with Gasteiger partial charge in [-0.1, -0.05) is 42.5 Å². The van der Waals surface area contributed by atoms with Gasteiger partial charge in [-0.25, -0.2) is 18.1 Å². The fraction of sp³-hybridized carbons (Fsp3) is 0.111. The number of nitriles is 1. The number of sulfonamides is 1. The number of hydrogen-bond donors (Lipinski definition) is 1. The fourth-order valence-electron chi connectivity index (χ4n) is 2.45. The van der Waals surface area contributed by atoms with Gasteiger partial charge < -0.3 is 0 Å². The molecule has 0 aliphatic carbocycles. The van der Waals surface area contributed by atoms with Crippen molar-refractivity contribution in [3.63, 3.8) is 0 Å².